The molecule has 0 spiro atoms. The lowest BCUT2D eigenvalue weighted by molar-refractivity contribution is 0.0605. The Hall–Kier alpha value is -3.67. The normalized spacial score (nSPS) is 16.3. The van der Waals surface area contributed by atoms with Crippen molar-refractivity contribution in [3.63, 3.8) is 0 Å². The Bertz CT molecular complexity index is 1240. The molecular weight excluding hydrogens is 400 g/mol. The maximum Gasteiger partial charge on any atom is 0.276 e. The number of methoxy groups -OCH3 is 1. The van der Waals surface area contributed by atoms with Gasteiger partial charge in [0.05, 0.1) is 25.9 Å². The zero-order valence-corrected chi connectivity index (χ0v) is 18.1. The number of piperidine rings is 1. The fraction of sp³-hybridized carbons (Fsp3) is 0.269. The molecule has 4 aromatic rings. The Labute approximate surface area is 187 Å². The number of rotatable bonds is 5. The third kappa shape index (κ3) is 3.96. The second-order valence-corrected chi connectivity index (χ2v) is 8.23. The number of carbonyl (C=O) groups is 1. The molecule has 1 fully saturated rings. The molecule has 0 N–H and O–H groups in total. The van der Waals surface area contributed by atoms with Gasteiger partial charge in [-0.15, -0.1) is 5.10 Å². The summed E-state index contributed by atoms with van der Waals surface area (Å²) >= 11 is 0. The van der Waals surface area contributed by atoms with Gasteiger partial charge in [-0.3, -0.25) is 4.79 Å². The van der Waals surface area contributed by atoms with Crippen LogP contribution in [0.25, 0.3) is 10.8 Å². The van der Waals surface area contributed by atoms with Gasteiger partial charge in [0, 0.05) is 6.54 Å². The molecule has 0 aliphatic carbocycles. The number of likely N-dealkylation sites (tertiary alicyclic amines) is 1. The van der Waals surface area contributed by atoms with Crippen LogP contribution in [-0.4, -0.2) is 39.5 Å². The summed E-state index contributed by atoms with van der Waals surface area (Å²) in [5, 5.41) is 10.9. The summed E-state index contributed by atoms with van der Waals surface area (Å²) in [5.74, 6) is 0.739. The largest absolute Gasteiger partial charge is 0.497 e. The topological polar surface area (TPSA) is 60.2 Å². The van der Waals surface area contributed by atoms with E-state index in [4.69, 9.17) is 4.74 Å². The van der Waals surface area contributed by atoms with Gasteiger partial charge in [0.25, 0.3) is 5.91 Å². The molecule has 0 unspecified atom stereocenters. The molecule has 0 saturated carbocycles. The monoisotopic (exact) mass is 426 g/mol. The van der Waals surface area contributed by atoms with E-state index in [0.29, 0.717) is 12.2 Å². The van der Waals surface area contributed by atoms with Crippen LogP contribution >= 0.6 is 0 Å². The number of ether oxygens (including phenoxy) is 1. The molecule has 1 aliphatic heterocycles. The van der Waals surface area contributed by atoms with Crippen molar-refractivity contribution in [3.05, 3.63) is 89.7 Å². The number of aromatic nitrogens is 3. The van der Waals surface area contributed by atoms with Crippen LogP contribution in [-0.2, 0) is 6.54 Å². The van der Waals surface area contributed by atoms with Crippen LogP contribution in [0, 0.1) is 0 Å². The van der Waals surface area contributed by atoms with Crippen LogP contribution in [0.5, 0.6) is 5.75 Å². The van der Waals surface area contributed by atoms with Gasteiger partial charge in [0.2, 0.25) is 0 Å². The Morgan fingerprint density at radius 1 is 1.06 bits per heavy atom. The first-order valence-corrected chi connectivity index (χ1v) is 11.0. The quantitative estimate of drug-likeness (QED) is 0.457. The van der Waals surface area contributed by atoms with Crippen LogP contribution < -0.4 is 4.74 Å². The van der Waals surface area contributed by atoms with Gasteiger partial charge in [-0.2, -0.15) is 0 Å². The molecule has 3 aromatic carbocycles. The first kappa shape index (κ1) is 20.2. The minimum atomic E-state index is -0.0679. The molecule has 1 saturated heterocycles. The van der Waals surface area contributed by atoms with Crippen LogP contribution in [0.3, 0.4) is 0 Å². The average Bonchev–Trinajstić information content (AvgIpc) is 3.32. The summed E-state index contributed by atoms with van der Waals surface area (Å²) in [7, 11) is 1.66. The highest BCUT2D eigenvalue weighted by Gasteiger charge is 2.30. The van der Waals surface area contributed by atoms with Gasteiger partial charge in [-0.05, 0) is 53.3 Å². The van der Waals surface area contributed by atoms with Crippen molar-refractivity contribution in [1.29, 1.82) is 0 Å². The minimum Gasteiger partial charge on any atom is -0.497 e. The van der Waals surface area contributed by atoms with E-state index >= 15 is 0 Å². The smallest absolute Gasteiger partial charge is 0.276 e. The van der Waals surface area contributed by atoms with E-state index in [-0.39, 0.29) is 11.9 Å². The summed E-state index contributed by atoms with van der Waals surface area (Å²) in [6.45, 7) is 1.29. The molecule has 5 rings (SSSR count). The maximum atomic E-state index is 13.4. The minimum absolute atomic E-state index is 0.0227. The van der Waals surface area contributed by atoms with Crippen molar-refractivity contribution in [2.45, 2.75) is 31.8 Å². The number of benzene rings is 3. The van der Waals surface area contributed by atoms with Crippen molar-refractivity contribution in [1.82, 2.24) is 19.9 Å². The zero-order valence-electron chi connectivity index (χ0n) is 18.1. The lowest BCUT2D eigenvalue weighted by Crippen LogP contribution is -2.38. The summed E-state index contributed by atoms with van der Waals surface area (Å²) in [4.78, 5) is 15.3. The highest BCUT2D eigenvalue weighted by Crippen LogP contribution is 2.33. The number of amides is 1. The Kier molecular flexibility index (Phi) is 5.58. The summed E-state index contributed by atoms with van der Waals surface area (Å²) in [5.41, 5.74) is 2.64. The van der Waals surface area contributed by atoms with E-state index in [9.17, 15) is 4.79 Å². The number of nitrogens with zero attached hydrogens (tertiary/aromatic N) is 4. The van der Waals surface area contributed by atoms with Crippen molar-refractivity contribution < 1.29 is 9.53 Å². The van der Waals surface area contributed by atoms with E-state index < -0.39 is 0 Å². The van der Waals surface area contributed by atoms with Crippen molar-refractivity contribution in [2.75, 3.05) is 13.7 Å². The van der Waals surface area contributed by atoms with Gasteiger partial charge in [-0.25, -0.2) is 4.68 Å². The zero-order chi connectivity index (χ0) is 21.9. The second-order valence-electron chi connectivity index (χ2n) is 8.23. The van der Waals surface area contributed by atoms with E-state index in [1.54, 1.807) is 18.0 Å². The van der Waals surface area contributed by atoms with Gasteiger partial charge in [0.15, 0.2) is 5.69 Å². The first-order valence-electron chi connectivity index (χ1n) is 11.0. The Balaban J connectivity index is 1.38. The highest BCUT2D eigenvalue weighted by atomic mass is 16.5. The lowest BCUT2D eigenvalue weighted by Gasteiger charge is -2.35. The average molecular weight is 427 g/mol. The van der Waals surface area contributed by atoms with Crippen LogP contribution in [0.15, 0.2) is 72.9 Å². The molecule has 0 radical (unpaired) electrons. The van der Waals surface area contributed by atoms with E-state index in [1.807, 2.05) is 41.3 Å². The number of hydrogen-bond acceptors (Lipinski definition) is 4. The van der Waals surface area contributed by atoms with Gasteiger partial charge >= 0.3 is 0 Å². The predicted octanol–water partition coefficient (Wildman–Crippen LogP) is 4.86. The molecular formula is C26H26N4O2. The molecule has 6 nitrogen and oxygen atoms in total. The van der Waals surface area contributed by atoms with Crippen molar-refractivity contribution in [3.8, 4) is 5.75 Å². The fourth-order valence-electron chi connectivity index (χ4n) is 4.60. The predicted molar refractivity (Wildman–Crippen MR) is 124 cm³/mol. The molecule has 1 aromatic heterocycles. The van der Waals surface area contributed by atoms with Crippen molar-refractivity contribution in [2.24, 2.45) is 0 Å². The summed E-state index contributed by atoms with van der Waals surface area (Å²) < 4.78 is 7.14. The first-order chi connectivity index (χ1) is 15.7. The van der Waals surface area contributed by atoms with Crippen molar-refractivity contribution >= 4 is 16.7 Å². The third-order valence-electron chi connectivity index (χ3n) is 6.21. The standard InChI is InChI=1S/C26H26N4O2/c1-32-22-12-7-10-20(16-22)25-14-4-5-15-30(25)26(31)24-18-29(28-27-24)17-21-11-6-9-19-8-2-3-13-23(19)21/h2-3,6-13,16,18,25H,4-5,14-15,17H2,1H3/t25-/m1/s1. The maximum absolute atomic E-state index is 13.4. The van der Waals surface area contributed by atoms with Gasteiger partial charge < -0.3 is 9.64 Å². The molecule has 2 heterocycles. The third-order valence-corrected chi connectivity index (χ3v) is 6.21. The van der Waals surface area contributed by atoms with E-state index in [1.165, 1.54) is 10.8 Å². The summed E-state index contributed by atoms with van der Waals surface area (Å²) in [6, 6.07) is 22.5. The molecule has 1 atom stereocenters. The lowest BCUT2D eigenvalue weighted by atomic mass is 9.94. The molecule has 1 amide bonds. The summed E-state index contributed by atoms with van der Waals surface area (Å²) in [6.07, 6.45) is 4.79. The molecule has 6 heteroatoms. The molecule has 1 aliphatic rings. The second kappa shape index (κ2) is 8.83. The van der Waals surface area contributed by atoms with E-state index in [0.717, 1.165) is 42.7 Å². The Morgan fingerprint density at radius 3 is 2.81 bits per heavy atom. The van der Waals surface area contributed by atoms with E-state index in [2.05, 4.69) is 40.6 Å². The number of hydrogen-bond donors (Lipinski definition) is 0. The van der Waals surface area contributed by atoms with Crippen LogP contribution in [0.2, 0.25) is 0 Å². The SMILES string of the molecule is COc1cccc([C@H]2CCCCN2C(=O)c2cn(Cc3cccc4ccccc34)nn2)c1. The van der Waals surface area contributed by atoms with Gasteiger partial charge in [-0.1, -0.05) is 59.8 Å². The number of carbonyl (C=O) groups excluding carboxylic acids is 1. The van der Waals surface area contributed by atoms with Gasteiger partial charge in [0.1, 0.15) is 5.75 Å². The highest BCUT2D eigenvalue weighted by molar-refractivity contribution is 5.92. The molecule has 0 bridgehead atoms. The molecule has 32 heavy (non-hydrogen) atoms. The Morgan fingerprint density at radius 2 is 1.91 bits per heavy atom. The fourth-order valence-corrected chi connectivity index (χ4v) is 4.60. The number of fused-ring (bicyclic) bond motifs is 1. The van der Waals surface area contributed by atoms with Crippen LogP contribution in [0.4, 0.5) is 0 Å². The molecule has 162 valence electrons. The van der Waals surface area contributed by atoms with Crippen LogP contribution in [0.1, 0.15) is 46.9 Å².